The molecule has 1 saturated carbocycles. The number of nitriles is 1. The monoisotopic (exact) mass is 254 g/mol. The average Bonchev–Trinajstić information content (AvgIpc) is 3.01. The van der Waals surface area contributed by atoms with Gasteiger partial charge >= 0.3 is 0 Å². The molecule has 0 amide bonds. The van der Waals surface area contributed by atoms with E-state index in [4.69, 9.17) is 5.73 Å². The molecule has 0 radical (unpaired) electrons. The number of para-hydroxylation sites is 1. The van der Waals surface area contributed by atoms with Crippen LogP contribution in [0.1, 0.15) is 25.7 Å². The highest BCUT2D eigenvalue weighted by atomic mass is 15.3. The van der Waals surface area contributed by atoms with Crippen LogP contribution < -0.4 is 5.73 Å². The summed E-state index contributed by atoms with van der Waals surface area (Å²) >= 11 is 0. The van der Waals surface area contributed by atoms with Gasteiger partial charge in [-0.2, -0.15) is 10.4 Å². The number of benzene rings is 1. The normalized spacial score (nSPS) is 26.6. The molecule has 4 nitrogen and oxygen atoms in total. The molecule has 0 saturated heterocycles. The Hall–Kier alpha value is -1.86. The SMILES string of the molecule is N#CC1(N)CCCC1CCn1ncc2ccccc21. The number of aromatic nitrogens is 2. The van der Waals surface area contributed by atoms with Crippen molar-refractivity contribution in [2.75, 3.05) is 0 Å². The van der Waals surface area contributed by atoms with E-state index in [1.807, 2.05) is 23.0 Å². The Balaban J connectivity index is 1.75. The highest BCUT2D eigenvalue weighted by molar-refractivity contribution is 5.78. The van der Waals surface area contributed by atoms with E-state index < -0.39 is 5.54 Å². The molecule has 1 heterocycles. The predicted octanol–water partition coefficient (Wildman–Crippen LogP) is 2.45. The fraction of sp³-hybridized carbons (Fsp3) is 0.467. The van der Waals surface area contributed by atoms with E-state index in [0.29, 0.717) is 5.92 Å². The van der Waals surface area contributed by atoms with Gasteiger partial charge in [0.2, 0.25) is 0 Å². The van der Waals surface area contributed by atoms with Gasteiger partial charge < -0.3 is 5.73 Å². The lowest BCUT2D eigenvalue weighted by molar-refractivity contribution is 0.349. The fourth-order valence-electron chi connectivity index (χ4n) is 3.13. The van der Waals surface area contributed by atoms with Gasteiger partial charge in [-0.15, -0.1) is 0 Å². The van der Waals surface area contributed by atoms with Crippen LogP contribution in [0.2, 0.25) is 0 Å². The molecule has 19 heavy (non-hydrogen) atoms. The van der Waals surface area contributed by atoms with Gasteiger partial charge in [-0.05, 0) is 31.2 Å². The van der Waals surface area contributed by atoms with Gasteiger partial charge in [-0.25, -0.2) is 0 Å². The molecule has 1 fully saturated rings. The second kappa shape index (κ2) is 4.67. The zero-order chi connectivity index (χ0) is 13.3. The molecule has 2 unspecified atom stereocenters. The Kier molecular flexibility index (Phi) is 3.00. The van der Waals surface area contributed by atoms with Crippen molar-refractivity contribution in [3.8, 4) is 6.07 Å². The van der Waals surface area contributed by atoms with Crippen LogP contribution in [0, 0.1) is 17.2 Å². The van der Waals surface area contributed by atoms with E-state index in [2.05, 4.69) is 23.3 Å². The van der Waals surface area contributed by atoms with Gasteiger partial charge in [-0.1, -0.05) is 24.6 Å². The number of nitrogens with two attached hydrogens (primary N) is 1. The number of nitrogens with zero attached hydrogens (tertiary/aromatic N) is 3. The van der Waals surface area contributed by atoms with Crippen LogP contribution in [0.4, 0.5) is 0 Å². The van der Waals surface area contributed by atoms with Crippen molar-refractivity contribution >= 4 is 10.9 Å². The number of fused-ring (bicyclic) bond motifs is 1. The Labute approximate surface area is 112 Å². The van der Waals surface area contributed by atoms with Gasteiger partial charge in [0.1, 0.15) is 5.54 Å². The molecule has 1 aliphatic rings. The lowest BCUT2D eigenvalue weighted by Gasteiger charge is -2.23. The maximum Gasteiger partial charge on any atom is 0.107 e. The molecule has 0 aliphatic heterocycles. The van der Waals surface area contributed by atoms with Gasteiger partial charge in [-0.3, -0.25) is 4.68 Å². The minimum atomic E-state index is -0.622. The molecule has 1 aromatic heterocycles. The first kappa shape index (κ1) is 12.2. The number of rotatable bonds is 3. The molecular formula is C15H18N4. The van der Waals surface area contributed by atoms with E-state index in [9.17, 15) is 5.26 Å². The minimum Gasteiger partial charge on any atom is -0.313 e. The van der Waals surface area contributed by atoms with Crippen molar-refractivity contribution in [1.82, 2.24) is 9.78 Å². The average molecular weight is 254 g/mol. The first-order valence-electron chi connectivity index (χ1n) is 6.84. The summed E-state index contributed by atoms with van der Waals surface area (Å²) < 4.78 is 2.02. The quantitative estimate of drug-likeness (QED) is 0.914. The van der Waals surface area contributed by atoms with Gasteiger partial charge in [0.25, 0.3) is 0 Å². The Morgan fingerprint density at radius 2 is 2.32 bits per heavy atom. The molecule has 1 aliphatic carbocycles. The van der Waals surface area contributed by atoms with Crippen molar-refractivity contribution in [3.05, 3.63) is 30.5 Å². The maximum absolute atomic E-state index is 9.23. The standard InChI is InChI=1S/C15H18N4/c16-11-15(17)8-3-5-13(15)7-9-19-14-6-2-1-4-12(14)10-18-19/h1-2,4,6,10,13H,3,5,7-9,17H2. The van der Waals surface area contributed by atoms with Crippen LogP contribution in [0.15, 0.2) is 30.5 Å². The summed E-state index contributed by atoms with van der Waals surface area (Å²) in [4.78, 5) is 0. The summed E-state index contributed by atoms with van der Waals surface area (Å²) in [6, 6.07) is 10.5. The smallest absolute Gasteiger partial charge is 0.107 e. The number of hydrogen-bond acceptors (Lipinski definition) is 3. The van der Waals surface area contributed by atoms with Crippen LogP contribution in [0.5, 0.6) is 0 Å². The Morgan fingerprint density at radius 1 is 1.47 bits per heavy atom. The minimum absolute atomic E-state index is 0.292. The van der Waals surface area contributed by atoms with Crippen LogP contribution in [-0.2, 0) is 6.54 Å². The van der Waals surface area contributed by atoms with Crippen molar-refractivity contribution in [2.24, 2.45) is 11.7 Å². The van der Waals surface area contributed by atoms with Gasteiger partial charge in [0.15, 0.2) is 0 Å². The van der Waals surface area contributed by atoms with Crippen LogP contribution in [0.3, 0.4) is 0 Å². The molecule has 2 N–H and O–H groups in total. The van der Waals surface area contributed by atoms with Crippen molar-refractivity contribution in [2.45, 2.75) is 37.8 Å². The summed E-state index contributed by atoms with van der Waals surface area (Å²) in [5.74, 6) is 0.292. The highest BCUT2D eigenvalue weighted by Crippen LogP contribution is 2.35. The molecule has 2 aromatic rings. The zero-order valence-electron chi connectivity index (χ0n) is 10.9. The number of hydrogen-bond donors (Lipinski definition) is 1. The molecule has 3 rings (SSSR count). The van der Waals surface area contributed by atoms with Crippen LogP contribution in [-0.4, -0.2) is 15.3 Å². The van der Waals surface area contributed by atoms with E-state index in [1.165, 1.54) is 0 Å². The first-order valence-corrected chi connectivity index (χ1v) is 6.84. The van der Waals surface area contributed by atoms with E-state index in [1.54, 1.807) is 0 Å². The highest BCUT2D eigenvalue weighted by Gasteiger charge is 2.39. The third kappa shape index (κ3) is 2.11. The maximum atomic E-state index is 9.23. The molecule has 0 spiro atoms. The van der Waals surface area contributed by atoms with E-state index in [-0.39, 0.29) is 0 Å². The Bertz CT molecular complexity index is 624. The second-order valence-corrected chi connectivity index (χ2v) is 5.46. The molecule has 2 atom stereocenters. The molecular weight excluding hydrogens is 236 g/mol. The lowest BCUT2D eigenvalue weighted by atomic mass is 9.87. The molecule has 98 valence electrons. The first-order chi connectivity index (χ1) is 9.23. The van der Waals surface area contributed by atoms with Crippen molar-refractivity contribution in [3.63, 3.8) is 0 Å². The van der Waals surface area contributed by atoms with Gasteiger partial charge in [0, 0.05) is 11.9 Å². The van der Waals surface area contributed by atoms with E-state index in [0.717, 1.165) is 43.1 Å². The third-order valence-electron chi connectivity index (χ3n) is 4.32. The Morgan fingerprint density at radius 3 is 3.16 bits per heavy atom. The lowest BCUT2D eigenvalue weighted by Crippen LogP contribution is -2.42. The van der Waals surface area contributed by atoms with E-state index >= 15 is 0 Å². The fourth-order valence-corrected chi connectivity index (χ4v) is 3.13. The summed E-state index contributed by atoms with van der Waals surface area (Å²) in [6.07, 6.45) is 5.77. The summed E-state index contributed by atoms with van der Waals surface area (Å²) in [5.41, 5.74) is 6.69. The van der Waals surface area contributed by atoms with Crippen molar-refractivity contribution in [1.29, 1.82) is 5.26 Å². The van der Waals surface area contributed by atoms with Gasteiger partial charge in [0.05, 0.1) is 17.8 Å². The number of aryl methyl sites for hydroxylation is 1. The predicted molar refractivity (Wildman–Crippen MR) is 74.2 cm³/mol. The van der Waals surface area contributed by atoms with Crippen LogP contribution in [0.25, 0.3) is 10.9 Å². The largest absolute Gasteiger partial charge is 0.313 e. The molecule has 4 heteroatoms. The second-order valence-electron chi connectivity index (χ2n) is 5.46. The topological polar surface area (TPSA) is 67.6 Å². The summed E-state index contributed by atoms with van der Waals surface area (Å²) in [5, 5.41) is 14.8. The molecule has 0 bridgehead atoms. The van der Waals surface area contributed by atoms with Crippen LogP contribution >= 0.6 is 0 Å². The summed E-state index contributed by atoms with van der Waals surface area (Å²) in [6.45, 7) is 0.832. The zero-order valence-corrected chi connectivity index (χ0v) is 10.9. The van der Waals surface area contributed by atoms with Crippen molar-refractivity contribution < 1.29 is 0 Å². The summed E-state index contributed by atoms with van der Waals surface area (Å²) in [7, 11) is 0. The third-order valence-corrected chi connectivity index (χ3v) is 4.32. The molecule has 1 aromatic carbocycles.